The van der Waals surface area contributed by atoms with Crippen molar-refractivity contribution in [3.63, 3.8) is 0 Å². The van der Waals surface area contributed by atoms with Crippen LogP contribution in [0.2, 0.25) is 0 Å². The Morgan fingerprint density at radius 1 is 1.26 bits per heavy atom. The van der Waals surface area contributed by atoms with Crippen molar-refractivity contribution in [2.75, 3.05) is 5.32 Å². The second-order valence-corrected chi connectivity index (χ2v) is 7.41. The van der Waals surface area contributed by atoms with Crippen LogP contribution >= 0.6 is 11.5 Å². The highest BCUT2D eigenvalue weighted by Gasteiger charge is 2.27. The van der Waals surface area contributed by atoms with Gasteiger partial charge in [-0.2, -0.15) is 0 Å². The Morgan fingerprint density at radius 2 is 2.07 bits per heavy atom. The van der Waals surface area contributed by atoms with Crippen LogP contribution < -0.4 is 10.6 Å². The van der Waals surface area contributed by atoms with Crippen molar-refractivity contribution in [3.05, 3.63) is 40.9 Å². The fourth-order valence-corrected chi connectivity index (χ4v) is 3.85. The molecule has 2 N–H and O–H groups in total. The van der Waals surface area contributed by atoms with Crippen molar-refractivity contribution in [1.29, 1.82) is 0 Å². The summed E-state index contributed by atoms with van der Waals surface area (Å²) < 4.78 is 9.44. The molecule has 1 fully saturated rings. The lowest BCUT2D eigenvalue weighted by molar-refractivity contribution is 0.0714. The van der Waals surface area contributed by atoms with Gasteiger partial charge in [-0.3, -0.25) is 10.1 Å². The number of rotatable bonds is 6. The lowest BCUT2D eigenvalue weighted by atomic mass is 9.92. The molecule has 0 spiro atoms. The zero-order valence-corrected chi connectivity index (χ0v) is 16.1. The van der Waals surface area contributed by atoms with Gasteiger partial charge in [0.15, 0.2) is 0 Å². The van der Waals surface area contributed by atoms with E-state index in [1.54, 1.807) is 0 Å². The van der Waals surface area contributed by atoms with Gasteiger partial charge in [0.2, 0.25) is 0 Å². The Kier molecular flexibility index (Phi) is 6.75. The number of carbonyl (C=O) groups is 2. The SMILES string of the molecule is CCCc1nnsc1C(=O)N[C@H]1CCC[C@@H](OC(=O)Nc2ccccc2)C1. The summed E-state index contributed by atoms with van der Waals surface area (Å²) in [5.41, 5.74) is 1.45. The largest absolute Gasteiger partial charge is 0.446 e. The molecule has 7 nitrogen and oxygen atoms in total. The van der Waals surface area contributed by atoms with Crippen molar-refractivity contribution < 1.29 is 14.3 Å². The van der Waals surface area contributed by atoms with Gasteiger partial charge in [-0.25, -0.2) is 4.79 Å². The summed E-state index contributed by atoms with van der Waals surface area (Å²) in [7, 11) is 0. The number of amides is 2. The maximum absolute atomic E-state index is 12.5. The molecule has 0 saturated heterocycles. The average Bonchev–Trinajstić information content (AvgIpc) is 3.11. The molecule has 144 valence electrons. The van der Waals surface area contributed by atoms with E-state index in [4.69, 9.17) is 4.74 Å². The number of anilines is 1. The van der Waals surface area contributed by atoms with Gasteiger partial charge in [-0.05, 0) is 49.3 Å². The fraction of sp³-hybridized carbons (Fsp3) is 0.474. The predicted octanol–water partition coefficient (Wildman–Crippen LogP) is 3.78. The summed E-state index contributed by atoms with van der Waals surface area (Å²) in [5, 5.41) is 9.82. The molecule has 1 aromatic heterocycles. The maximum Gasteiger partial charge on any atom is 0.411 e. The summed E-state index contributed by atoms with van der Waals surface area (Å²) in [6, 6.07) is 9.18. The lowest BCUT2D eigenvalue weighted by Gasteiger charge is -2.29. The second-order valence-electron chi connectivity index (χ2n) is 6.65. The van der Waals surface area contributed by atoms with Gasteiger partial charge < -0.3 is 10.1 Å². The van der Waals surface area contributed by atoms with Gasteiger partial charge in [0.05, 0.1) is 5.69 Å². The van der Waals surface area contributed by atoms with E-state index in [9.17, 15) is 9.59 Å². The van der Waals surface area contributed by atoms with Gasteiger partial charge in [-0.1, -0.05) is 36.0 Å². The Hall–Kier alpha value is -2.48. The Balaban J connectivity index is 1.51. The van der Waals surface area contributed by atoms with E-state index in [-0.39, 0.29) is 18.1 Å². The van der Waals surface area contributed by atoms with E-state index >= 15 is 0 Å². The van der Waals surface area contributed by atoms with Gasteiger partial charge in [0.25, 0.3) is 5.91 Å². The molecule has 2 atom stereocenters. The van der Waals surface area contributed by atoms with E-state index in [1.807, 2.05) is 37.3 Å². The number of aryl methyl sites for hydroxylation is 1. The third-order valence-electron chi connectivity index (χ3n) is 4.50. The minimum Gasteiger partial charge on any atom is -0.446 e. The number of para-hydroxylation sites is 1. The average molecular weight is 388 g/mol. The van der Waals surface area contributed by atoms with E-state index < -0.39 is 6.09 Å². The van der Waals surface area contributed by atoms with Crippen molar-refractivity contribution in [3.8, 4) is 0 Å². The van der Waals surface area contributed by atoms with Crippen molar-refractivity contribution in [2.24, 2.45) is 0 Å². The van der Waals surface area contributed by atoms with Crippen LogP contribution in [0.4, 0.5) is 10.5 Å². The molecular weight excluding hydrogens is 364 g/mol. The highest BCUT2D eigenvalue weighted by Crippen LogP contribution is 2.23. The number of hydrogen-bond acceptors (Lipinski definition) is 6. The molecule has 1 aromatic carbocycles. The van der Waals surface area contributed by atoms with E-state index in [0.717, 1.165) is 49.3 Å². The molecule has 1 saturated carbocycles. The first kappa shape index (κ1) is 19.3. The Morgan fingerprint density at radius 3 is 2.85 bits per heavy atom. The molecule has 3 rings (SSSR count). The number of aromatic nitrogens is 2. The summed E-state index contributed by atoms with van der Waals surface area (Å²) >= 11 is 1.13. The smallest absolute Gasteiger partial charge is 0.411 e. The molecule has 2 aromatic rings. The summed E-state index contributed by atoms with van der Waals surface area (Å²) in [4.78, 5) is 25.2. The molecule has 2 amide bonds. The van der Waals surface area contributed by atoms with Gasteiger partial charge in [0, 0.05) is 18.2 Å². The molecule has 8 heteroatoms. The third-order valence-corrected chi connectivity index (χ3v) is 5.27. The fourth-order valence-electron chi connectivity index (χ4n) is 3.24. The van der Waals surface area contributed by atoms with Crippen LogP contribution in [0.25, 0.3) is 0 Å². The molecule has 1 aliphatic rings. The maximum atomic E-state index is 12.5. The topological polar surface area (TPSA) is 93.2 Å². The first-order valence-corrected chi connectivity index (χ1v) is 10.1. The molecular formula is C19H24N4O3S. The number of benzene rings is 1. The van der Waals surface area contributed by atoms with Crippen LogP contribution in [0.15, 0.2) is 30.3 Å². The molecule has 1 heterocycles. The van der Waals surface area contributed by atoms with Gasteiger partial charge >= 0.3 is 6.09 Å². The minimum absolute atomic E-state index is 0.0163. The zero-order chi connectivity index (χ0) is 19.1. The normalized spacial score (nSPS) is 19.3. The Labute approximate surface area is 162 Å². The van der Waals surface area contributed by atoms with Crippen LogP contribution in [0.3, 0.4) is 0 Å². The first-order chi connectivity index (χ1) is 13.2. The van der Waals surface area contributed by atoms with Gasteiger partial charge in [0.1, 0.15) is 11.0 Å². The monoisotopic (exact) mass is 388 g/mol. The molecule has 0 aliphatic heterocycles. The van der Waals surface area contributed by atoms with Crippen LogP contribution in [-0.4, -0.2) is 33.7 Å². The van der Waals surface area contributed by atoms with E-state index in [1.165, 1.54) is 0 Å². The third kappa shape index (κ3) is 5.50. The van der Waals surface area contributed by atoms with Crippen molar-refractivity contribution >= 4 is 29.2 Å². The first-order valence-electron chi connectivity index (χ1n) is 9.30. The van der Waals surface area contributed by atoms with Crippen LogP contribution in [0, 0.1) is 0 Å². The number of hydrogen-bond donors (Lipinski definition) is 2. The summed E-state index contributed by atoms with van der Waals surface area (Å²) in [5.74, 6) is -0.132. The number of ether oxygens (including phenoxy) is 1. The minimum atomic E-state index is -0.463. The summed E-state index contributed by atoms with van der Waals surface area (Å²) in [6.45, 7) is 2.05. The Bertz CT molecular complexity index is 765. The quantitative estimate of drug-likeness (QED) is 0.785. The van der Waals surface area contributed by atoms with Crippen molar-refractivity contribution in [2.45, 2.75) is 57.6 Å². The number of nitrogens with one attached hydrogen (secondary N) is 2. The summed E-state index contributed by atoms with van der Waals surface area (Å²) in [6.07, 6.45) is 4.19. The van der Waals surface area contributed by atoms with E-state index in [2.05, 4.69) is 20.2 Å². The van der Waals surface area contributed by atoms with Crippen LogP contribution in [-0.2, 0) is 11.2 Å². The highest BCUT2D eigenvalue weighted by atomic mass is 32.1. The van der Waals surface area contributed by atoms with Crippen LogP contribution in [0.5, 0.6) is 0 Å². The lowest BCUT2D eigenvalue weighted by Crippen LogP contribution is -2.41. The molecule has 0 radical (unpaired) electrons. The van der Waals surface area contributed by atoms with Crippen molar-refractivity contribution in [1.82, 2.24) is 14.9 Å². The second kappa shape index (κ2) is 9.45. The zero-order valence-electron chi connectivity index (χ0n) is 15.3. The van der Waals surface area contributed by atoms with Crippen LogP contribution in [0.1, 0.15) is 54.4 Å². The predicted molar refractivity (Wildman–Crippen MR) is 104 cm³/mol. The molecule has 0 bridgehead atoms. The number of nitrogens with zero attached hydrogens (tertiary/aromatic N) is 2. The standard InChI is InChI=1S/C19H24N4O3S/c1-2-7-16-17(27-23-22-16)18(24)20-14-10-6-11-15(12-14)26-19(25)21-13-8-4-3-5-9-13/h3-5,8-9,14-15H,2,6-7,10-12H2,1H3,(H,20,24)(H,21,25)/t14-,15+/m0/s1. The molecule has 0 unspecified atom stereocenters. The van der Waals surface area contributed by atoms with E-state index in [0.29, 0.717) is 17.0 Å². The van der Waals surface area contributed by atoms with Gasteiger partial charge in [-0.15, -0.1) is 5.10 Å². The highest BCUT2D eigenvalue weighted by molar-refractivity contribution is 7.08. The molecule has 27 heavy (non-hydrogen) atoms. The number of carbonyl (C=O) groups excluding carboxylic acids is 2. The molecule has 1 aliphatic carbocycles.